The number of hydrogen-bond acceptors (Lipinski definition) is 2. The van der Waals surface area contributed by atoms with Crippen LogP contribution in [-0.2, 0) is 11.2 Å². The highest BCUT2D eigenvalue weighted by Crippen LogP contribution is 2.23. The van der Waals surface area contributed by atoms with Crippen LogP contribution in [0.5, 0.6) is 0 Å². The van der Waals surface area contributed by atoms with Crippen LogP contribution >= 0.6 is 0 Å². The molecule has 20 heavy (non-hydrogen) atoms. The number of hydrogen-bond donors (Lipinski definition) is 1. The second-order valence-corrected chi connectivity index (χ2v) is 6.52. The number of benzene rings is 1. The number of ether oxygens (including phenoxy) is 1. The summed E-state index contributed by atoms with van der Waals surface area (Å²) in [7, 11) is 0. The van der Waals surface area contributed by atoms with Crippen LogP contribution in [0, 0.1) is 5.92 Å². The van der Waals surface area contributed by atoms with E-state index < -0.39 is 0 Å². The van der Waals surface area contributed by atoms with Crippen LogP contribution < -0.4 is 5.73 Å². The summed E-state index contributed by atoms with van der Waals surface area (Å²) in [6, 6.07) is 8.94. The zero-order valence-electron chi connectivity index (χ0n) is 13.0. The average molecular weight is 275 g/mol. The highest BCUT2D eigenvalue weighted by Gasteiger charge is 2.16. The van der Waals surface area contributed by atoms with E-state index in [9.17, 15) is 0 Å². The lowest BCUT2D eigenvalue weighted by atomic mass is 9.95. The minimum atomic E-state index is 0.146. The molecule has 0 aromatic heterocycles. The van der Waals surface area contributed by atoms with Gasteiger partial charge >= 0.3 is 0 Å². The molecule has 0 spiro atoms. The van der Waals surface area contributed by atoms with E-state index in [0.717, 1.165) is 25.9 Å². The maximum Gasteiger partial charge on any atom is 0.0575 e. The van der Waals surface area contributed by atoms with Crippen LogP contribution in [-0.4, -0.2) is 12.7 Å². The Morgan fingerprint density at radius 1 is 1.30 bits per heavy atom. The first kappa shape index (κ1) is 15.5. The second-order valence-electron chi connectivity index (χ2n) is 6.52. The molecular formula is C18H29NO. The normalized spacial score (nSPS) is 21.1. The van der Waals surface area contributed by atoms with Crippen LogP contribution in [0.4, 0.5) is 0 Å². The lowest BCUT2D eigenvalue weighted by Crippen LogP contribution is -2.21. The Labute approximate surface area is 123 Å². The Balaban J connectivity index is 1.86. The SMILES string of the molecule is CC(C)Cc1cccc(C(N)CCC2CCCCO2)c1. The fraction of sp³-hybridized carbons (Fsp3) is 0.667. The molecule has 1 aromatic carbocycles. The van der Waals surface area contributed by atoms with E-state index in [-0.39, 0.29) is 6.04 Å². The van der Waals surface area contributed by atoms with Gasteiger partial charge in [0, 0.05) is 12.6 Å². The van der Waals surface area contributed by atoms with Gasteiger partial charge in [-0.25, -0.2) is 0 Å². The molecule has 1 heterocycles. The van der Waals surface area contributed by atoms with Crippen LogP contribution in [0.3, 0.4) is 0 Å². The Bertz CT molecular complexity index is 396. The third kappa shape index (κ3) is 4.92. The van der Waals surface area contributed by atoms with Crippen molar-refractivity contribution in [1.82, 2.24) is 0 Å². The fourth-order valence-corrected chi connectivity index (χ4v) is 2.99. The van der Waals surface area contributed by atoms with E-state index in [2.05, 4.69) is 38.1 Å². The van der Waals surface area contributed by atoms with Gasteiger partial charge in [-0.05, 0) is 55.6 Å². The van der Waals surface area contributed by atoms with Crippen molar-refractivity contribution in [3.05, 3.63) is 35.4 Å². The highest BCUT2D eigenvalue weighted by molar-refractivity contribution is 5.26. The van der Waals surface area contributed by atoms with Crippen molar-refractivity contribution < 1.29 is 4.74 Å². The van der Waals surface area contributed by atoms with Gasteiger partial charge in [0.05, 0.1) is 6.10 Å². The van der Waals surface area contributed by atoms with Gasteiger partial charge in [-0.2, -0.15) is 0 Å². The van der Waals surface area contributed by atoms with Gasteiger partial charge in [-0.3, -0.25) is 0 Å². The molecule has 2 rings (SSSR count). The van der Waals surface area contributed by atoms with Crippen molar-refractivity contribution in [3.8, 4) is 0 Å². The Hall–Kier alpha value is -0.860. The first-order valence-corrected chi connectivity index (χ1v) is 8.11. The topological polar surface area (TPSA) is 35.2 Å². The standard InChI is InChI=1S/C18H29NO/c1-14(2)12-15-6-5-7-16(13-15)18(19)10-9-17-8-3-4-11-20-17/h5-7,13-14,17-18H,3-4,8-12,19H2,1-2H3. The summed E-state index contributed by atoms with van der Waals surface area (Å²) in [5, 5.41) is 0. The van der Waals surface area contributed by atoms with Gasteiger partial charge in [-0.1, -0.05) is 38.1 Å². The zero-order chi connectivity index (χ0) is 14.4. The molecule has 2 heteroatoms. The quantitative estimate of drug-likeness (QED) is 0.843. The molecule has 2 nitrogen and oxygen atoms in total. The molecule has 0 bridgehead atoms. The largest absolute Gasteiger partial charge is 0.378 e. The van der Waals surface area contributed by atoms with Gasteiger partial charge in [-0.15, -0.1) is 0 Å². The lowest BCUT2D eigenvalue weighted by molar-refractivity contribution is 0.00912. The predicted octanol–water partition coefficient (Wildman–Crippen LogP) is 4.23. The molecule has 1 fully saturated rings. The summed E-state index contributed by atoms with van der Waals surface area (Å²) >= 11 is 0. The summed E-state index contributed by atoms with van der Waals surface area (Å²) in [6.45, 7) is 5.45. The minimum absolute atomic E-state index is 0.146. The molecule has 1 aliphatic heterocycles. The Kier molecular flexibility index (Phi) is 6.06. The molecule has 112 valence electrons. The third-order valence-electron chi connectivity index (χ3n) is 4.10. The molecule has 2 N–H and O–H groups in total. The maximum atomic E-state index is 6.36. The summed E-state index contributed by atoms with van der Waals surface area (Å²) < 4.78 is 5.79. The van der Waals surface area contributed by atoms with E-state index in [0.29, 0.717) is 12.0 Å². The fourth-order valence-electron chi connectivity index (χ4n) is 2.99. The van der Waals surface area contributed by atoms with Crippen molar-refractivity contribution in [2.45, 2.75) is 64.5 Å². The van der Waals surface area contributed by atoms with Gasteiger partial charge in [0.25, 0.3) is 0 Å². The summed E-state index contributed by atoms with van der Waals surface area (Å²) in [4.78, 5) is 0. The number of nitrogens with two attached hydrogens (primary N) is 1. The van der Waals surface area contributed by atoms with Gasteiger partial charge < -0.3 is 10.5 Å². The van der Waals surface area contributed by atoms with Crippen molar-refractivity contribution in [2.24, 2.45) is 11.7 Å². The molecule has 1 saturated heterocycles. The first-order valence-electron chi connectivity index (χ1n) is 8.11. The molecule has 2 unspecified atom stereocenters. The molecular weight excluding hydrogens is 246 g/mol. The zero-order valence-corrected chi connectivity index (χ0v) is 13.0. The average Bonchev–Trinajstić information content (AvgIpc) is 2.45. The minimum Gasteiger partial charge on any atom is -0.378 e. The van der Waals surface area contributed by atoms with E-state index in [1.165, 1.54) is 30.4 Å². The van der Waals surface area contributed by atoms with Crippen LogP contribution in [0.15, 0.2) is 24.3 Å². The van der Waals surface area contributed by atoms with Crippen molar-refractivity contribution in [3.63, 3.8) is 0 Å². The van der Waals surface area contributed by atoms with Crippen LogP contribution in [0.1, 0.15) is 63.1 Å². The Morgan fingerprint density at radius 2 is 2.15 bits per heavy atom. The molecule has 0 saturated carbocycles. The molecule has 0 radical (unpaired) electrons. The van der Waals surface area contributed by atoms with E-state index in [4.69, 9.17) is 10.5 Å². The van der Waals surface area contributed by atoms with Crippen LogP contribution in [0.2, 0.25) is 0 Å². The monoisotopic (exact) mass is 275 g/mol. The van der Waals surface area contributed by atoms with Crippen molar-refractivity contribution in [2.75, 3.05) is 6.61 Å². The van der Waals surface area contributed by atoms with Crippen LogP contribution in [0.25, 0.3) is 0 Å². The molecule has 2 atom stereocenters. The van der Waals surface area contributed by atoms with E-state index >= 15 is 0 Å². The van der Waals surface area contributed by atoms with Gasteiger partial charge in [0.1, 0.15) is 0 Å². The smallest absolute Gasteiger partial charge is 0.0575 e. The first-order chi connectivity index (χ1) is 9.65. The molecule has 1 aromatic rings. The van der Waals surface area contributed by atoms with Crippen molar-refractivity contribution >= 4 is 0 Å². The lowest BCUT2D eigenvalue weighted by Gasteiger charge is -2.24. The maximum absolute atomic E-state index is 6.36. The third-order valence-corrected chi connectivity index (χ3v) is 4.10. The highest BCUT2D eigenvalue weighted by atomic mass is 16.5. The molecule has 0 aliphatic carbocycles. The summed E-state index contributed by atoms with van der Waals surface area (Å²) in [5.74, 6) is 0.692. The van der Waals surface area contributed by atoms with E-state index in [1.54, 1.807) is 0 Å². The summed E-state index contributed by atoms with van der Waals surface area (Å²) in [6.07, 6.45) is 7.43. The van der Waals surface area contributed by atoms with Crippen molar-refractivity contribution in [1.29, 1.82) is 0 Å². The Morgan fingerprint density at radius 3 is 2.85 bits per heavy atom. The predicted molar refractivity (Wildman–Crippen MR) is 84.7 cm³/mol. The number of rotatable bonds is 6. The van der Waals surface area contributed by atoms with Gasteiger partial charge in [0.2, 0.25) is 0 Å². The summed E-state index contributed by atoms with van der Waals surface area (Å²) in [5.41, 5.74) is 9.04. The van der Waals surface area contributed by atoms with Gasteiger partial charge in [0.15, 0.2) is 0 Å². The molecule has 0 amide bonds. The second kappa shape index (κ2) is 7.80. The molecule has 1 aliphatic rings. The van der Waals surface area contributed by atoms with E-state index in [1.807, 2.05) is 0 Å².